The van der Waals surface area contributed by atoms with Crippen molar-refractivity contribution in [3.8, 4) is 0 Å². The van der Waals surface area contributed by atoms with Crippen molar-refractivity contribution in [2.75, 3.05) is 10.0 Å². The Balaban J connectivity index is 1.66. The van der Waals surface area contributed by atoms with E-state index < -0.39 is 21.7 Å². The number of nitrogens with one attached hydrogen (secondary N) is 2. The normalized spacial score (nSPS) is 11.2. The maximum Gasteiger partial charge on any atom is 0.263 e. The van der Waals surface area contributed by atoms with E-state index in [-0.39, 0.29) is 26.5 Å². The summed E-state index contributed by atoms with van der Waals surface area (Å²) in [6.07, 6.45) is 1.35. The molecule has 0 radical (unpaired) electrons. The Morgan fingerprint density at radius 1 is 1.19 bits per heavy atom. The van der Waals surface area contributed by atoms with Gasteiger partial charge in [0.2, 0.25) is 5.91 Å². The Labute approximate surface area is 167 Å². The van der Waals surface area contributed by atoms with E-state index in [0.717, 1.165) is 0 Å². The van der Waals surface area contributed by atoms with Gasteiger partial charge in [-0.3, -0.25) is 9.52 Å². The lowest BCUT2D eigenvalue weighted by Crippen LogP contribution is -2.16. The number of carbonyl (C=O) groups is 1. The third kappa shape index (κ3) is 4.90. The lowest BCUT2D eigenvalue weighted by Gasteiger charge is -2.09. The highest BCUT2D eigenvalue weighted by molar-refractivity contribution is 9.10. The molecule has 1 aromatic heterocycles. The number of sulfonamides is 1. The zero-order valence-corrected chi connectivity index (χ0v) is 16.9. The van der Waals surface area contributed by atoms with E-state index >= 15 is 0 Å². The van der Waals surface area contributed by atoms with Gasteiger partial charge in [0.15, 0.2) is 5.13 Å². The summed E-state index contributed by atoms with van der Waals surface area (Å²) < 4.78 is 41.1. The number of carbonyl (C=O) groups excluding carboxylic acids is 1. The fourth-order valence-electron chi connectivity index (χ4n) is 2.23. The molecule has 0 atom stereocenters. The van der Waals surface area contributed by atoms with Crippen LogP contribution in [0.1, 0.15) is 5.56 Å². The molecule has 0 bridgehead atoms. The van der Waals surface area contributed by atoms with Gasteiger partial charge in [-0.1, -0.05) is 12.1 Å². The first kappa shape index (κ1) is 19.5. The number of nitrogens with zero attached hydrogens (tertiary/aromatic N) is 1. The van der Waals surface area contributed by atoms with Gasteiger partial charge >= 0.3 is 0 Å². The molecular formula is C17H13BrFN3O3S2. The Morgan fingerprint density at radius 3 is 2.59 bits per heavy atom. The molecule has 140 valence electrons. The number of amides is 1. The van der Waals surface area contributed by atoms with Gasteiger partial charge in [0.1, 0.15) is 5.82 Å². The van der Waals surface area contributed by atoms with Crippen LogP contribution in [0, 0.1) is 5.82 Å². The summed E-state index contributed by atoms with van der Waals surface area (Å²) in [5, 5.41) is 4.54. The second-order valence-electron chi connectivity index (χ2n) is 5.41. The van der Waals surface area contributed by atoms with Gasteiger partial charge in [-0.25, -0.2) is 17.8 Å². The Kier molecular flexibility index (Phi) is 5.88. The molecule has 27 heavy (non-hydrogen) atoms. The maximum atomic E-state index is 13.9. The van der Waals surface area contributed by atoms with Gasteiger partial charge in [0.25, 0.3) is 10.0 Å². The number of halogens is 2. The molecule has 2 aromatic carbocycles. The largest absolute Gasteiger partial charge is 0.326 e. The third-order valence-electron chi connectivity index (χ3n) is 3.48. The van der Waals surface area contributed by atoms with E-state index in [0.29, 0.717) is 5.69 Å². The number of rotatable bonds is 6. The van der Waals surface area contributed by atoms with Gasteiger partial charge < -0.3 is 5.32 Å². The number of anilines is 2. The van der Waals surface area contributed by atoms with Crippen LogP contribution in [0.5, 0.6) is 0 Å². The van der Waals surface area contributed by atoms with E-state index in [1.807, 2.05) is 0 Å². The molecule has 0 aliphatic heterocycles. The van der Waals surface area contributed by atoms with E-state index in [9.17, 15) is 17.6 Å². The fraction of sp³-hybridized carbons (Fsp3) is 0.0588. The smallest absolute Gasteiger partial charge is 0.263 e. The highest BCUT2D eigenvalue weighted by Crippen LogP contribution is 2.21. The van der Waals surface area contributed by atoms with Crippen LogP contribution in [-0.2, 0) is 21.2 Å². The molecule has 1 heterocycles. The van der Waals surface area contributed by atoms with Crippen molar-refractivity contribution in [1.82, 2.24) is 4.98 Å². The minimum absolute atomic E-state index is 0.0359. The zero-order valence-electron chi connectivity index (χ0n) is 13.6. The zero-order chi connectivity index (χ0) is 19.4. The molecule has 2 N–H and O–H groups in total. The summed E-state index contributed by atoms with van der Waals surface area (Å²) in [5.41, 5.74) is 0.664. The van der Waals surface area contributed by atoms with Crippen molar-refractivity contribution >= 4 is 54.0 Å². The van der Waals surface area contributed by atoms with E-state index in [4.69, 9.17) is 0 Å². The molecule has 0 fully saturated rings. The van der Waals surface area contributed by atoms with Crippen molar-refractivity contribution in [3.63, 3.8) is 0 Å². The van der Waals surface area contributed by atoms with E-state index in [1.165, 1.54) is 47.9 Å². The van der Waals surface area contributed by atoms with Crippen LogP contribution in [0.3, 0.4) is 0 Å². The second kappa shape index (κ2) is 8.15. The molecule has 0 saturated heterocycles. The SMILES string of the molecule is O=C(Cc1cccc(Br)c1F)Nc1ccc(S(=O)(=O)Nc2nccs2)cc1. The molecule has 3 aromatic rings. The first-order chi connectivity index (χ1) is 12.8. The number of benzene rings is 2. The third-order valence-corrected chi connectivity index (χ3v) is 6.27. The Morgan fingerprint density at radius 2 is 1.93 bits per heavy atom. The molecule has 6 nitrogen and oxygen atoms in total. The van der Waals surface area contributed by atoms with Gasteiger partial charge in [-0.2, -0.15) is 0 Å². The first-order valence-corrected chi connectivity index (χ1v) is 10.8. The maximum absolute atomic E-state index is 13.9. The first-order valence-electron chi connectivity index (χ1n) is 7.60. The van der Waals surface area contributed by atoms with Crippen molar-refractivity contribution in [2.24, 2.45) is 0 Å². The summed E-state index contributed by atoms with van der Waals surface area (Å²) in [6.45, 7) is 0. The average molecular weight is 470 g/mol. The summed E-state index contributed by atoms with van der Waals surface area (Å²) >= 11 is 4.24. The molecule has 3 rings (SSSR count). The van der Waals surface area contributed by atoms with E-state index in [2.05, 4.69) is 31.0 Å². The van der Waals surface area contributed by atoms with Crippen molar-refractivity contribution in [1.29, 1.82) is 0 Å². The second-order valence-corrected chi connectivity index (χ2v) is 8.84. The molecule has 0 saturated carbocycles. The van der Waals surface area contributed by atoms with E-state index in [1.54, 1.807) is 17.5 Å². The quantitative estimate of drug-likeness (QED) is 0.570. The van der Waals surface area contributed by atoms with Crippen molar-refractivity contribution in [3.05, 3.63) is 69.9 Å². The topological polar surface area (TPSA) is 88.2 Å². The Bertz CT molecular complexity index is 1060. The molecule has 0 unspecified atom stereocenters. The Hall–Kier alpha value is -2.30. The van der Waals surface area contributed by atoms with Crippen LogP contribution in [0.15, 0.2) is 63.4 Å². The molecule has 0 aliphatic rings. The van der Waals surface area contributed by atoms with Crippen LogP contribution < -0.4 is 10.0 Å². The van der Waals surface area contributed by atoms with Crippen LogP contribution in [0.4, 0.5) is 15.2 Å². The monoisotopic (exact) mass is 469 g/mol. The summed E-state index contributed by atoms with van der Waals surface area (Å²) in [5.74, 6) is -0.897. The van der Waals surface area contributed by atoms with Crippen LogP contribution >= 0.6 is 27.3 Å². The standard InChI is InChI=1S/C17H13BrFN3O3S2/c18-14-3-1-2-11(16(14)19)10-15(23)21-12-4-6-13(7-5-12)27(24,25)22-17-20-8-9-26-17/h1-9H,10H2,(H,20,22)(H,21,23). The van der Waals surface area contributed by atoms with Crippen molar-refractivity contribution < 1.29 is 17.6 Å². The predicted molar refractivity (Wildman–Crippen MR) is 106 cm³/mol. The highest BCUT2D eigenvalue weighted by atomic mass is 79.9. The van der Waals surface area contributed by atoms with Gasteiger partial charge in [0, 0.05) is 17.3 Å². The molecular weight excluding hydrogens is 457 g/mol. The summed E-state index contributed by atoms with van der Waals surface area (Å²) in [6, 6.07) is 10.4. The summed E-state index contributed by atoms with van der Waals surface area (Å²) in [4.78, 5) is 16.0. The molecule has 1 amide bonds. The minimum Gasteiger partial charge on any atom is -0.326 e. The van der Waals surface area contributed by atoms with Gasteiger partial charge in [0.05, 0.1) is 15.8 Å². The van der Waals surface area contributed by atoms with Gasteiger partial charge in [-0.05, 0) is 51.8 Å². The van der Waals surface area contributed by atoms with Crippen LogP contribution in [0.2, 0.25) is 0 Å². The average Bonchev–Trinajstić information content (AvgIpc) is 3.12. The lowest BCUT2D eigenvalue weighted by molar-refractivity contribution is -0.115. The molecule has 10 heteroatoms. The number of thiazole rings is 1. The number of hydrogen-bond donors (Lipinski definition) is 2. The van der Waals surface area contributed by atoms with Crippen LogP contribution in [0.25, 0.3) is 0 Å². The number of aromatic nitrogens is 1. The predicted octanol–water partition coefficient (Wildman–Crippen LogP) is 4.03. The molecule has 0 spiro atoms. The van der Waals surface area contributed by atoms with Crippen LogP contribution in [-0.4, -0.2) is 19.3 Å². The fourth-order valence-corrected chi connectivity index (χ4v) is 4.42. The van der Waals surface area contributed by atoms with Crippen molar-refractivity contribution in [2.45, 2.75) is 11.3 Å². The summed E-state index contributed by atoms with van der Waals surface area (Å²) in [7, 11) is -3.76. The molecule has 0 aliphatic carbocycles. The van der Waals surface area contributed by atoms with Gasteiger partial charge in [-0.15, -0.1) is 11.3 Å². The number of hydrogen-bond acceptors (Lipinski definition) is 5. The highest BCUT2D eigenvalue weighted by Gasteiger charge is 2.16. The lowest BCUT2D eigenvalue weighted by atomic mass is 10.1. The minimum atomic E-state index is -3.76.